The minimum absolute atomic E-state index is 0.267. The van der Waals surface area contributed by atoms with Gasteiger partial charge in [0.1, 0.15) is 11.4 Å². The molecule has 1 atom stereocenters. The summed E-state index contributed by atoms with van der Waals surface area (Å²) in [7, 11) is 4.87. The van der Waals surface area contributed by atoms with Crippen molar-refractivity contribution < 1.29 is 23.0 Å². The number of ether oxygens (including phenoxy) is 3. The van der Waals surface area contributed by atoms with Gasteiger partial charge in [-0.1, -0.05) is 19.3 Å². The number of fused-ring (bicyclic) bond motifs is 1. The minimum Gasteiger partial charge on any atom is -0.493 e. The lowest BCUT2D eigenvalue weighted by molar-refractivity contribution is 0.188. The molecule has 2 aromatic carbocycles. The average Bonchev–Trinajstić information content (AvgIpc) is 3.42. The van der Waals surface area contributed by atoms with Crippen LogP contribution in [0.3, 0.4) is 0 Å². The summed E-state index contributed by atoms with van der Waals surface area (Å²) in [6.07, 6.45) is 11.4. The molecule has 1 unspecified atom stereocenters. The third kappa shape index (κ3) is 5.51. The van der Waals surface area contributed by atoms with E-state index >= 15 is 0 Å². The van der Waals surface area contributed by atoms with Crippen molar-refractivity contribution in [1.29, 1.82) is 5.26 Å². The second-order valence-electron chi connectivity index (χ2n) is 11.4. The number of nitriles is 1. The summed E-state index contributed by atoms with van der Waals surface area (Å²) >= 11 is 0. The van der Waals surface area contributed by atoms with Gasteiger partial charge in [0.15, 0.2) is 11.5 Å². The molecular weight excluding hydrogens is 507 g/mol. The SMILES string of the molecule is COc1cc(C(C#N)(CCCN2CCC(c3coc4cc(F)ccc34)CC2)C2CCCCC2)cc(OC)c1OC. The molecule has 214 valence electrons. The van der Waals surface area contributed by atoms with Gasteiger partial charge < -0.3 is 23.5 Å². The smallest absolute Gasteiger partial charge is 0.203 e. The lowest BCUT2D eigenvalue weighted by Crippen LogP contribution is -2.38. The van der Waals surface area contributed by atoms with Crippen LogP contribution in [0.15, 0.2) is 41.0 Å². The van der Waals surface area contributed by atoms with Crippen LogP contribution in [0.4, 0.5) is 4.39 Å². The Morgan fingerprint density at radius 1 is 0.975 bits per heavy atom. The van der Waals surface area contributed by atoms with E-state index in [1.165, 1.54) is 37.0 Å². The first-order valence-electron chi connectivity index (χ1n) is 14.6. The quantitative estimate of drug-likeness (QED) is 0.260. The molecule has 0 bridgehead atoms. The van der Waals surface area contributed by atoms with Crippen molar-refractivity contribution in [2.24, 2.45) is 5.92 Å². The highest BCUT2D eigenvalue weighted by molar-refractivity contribution is 5.81. The Labute approximate surface area is 237 Å². The predicted molar refractivity (Wildman–Crippen MR) is 154 cm³/mol. The average molecular weight is 549 g/mol. The van der Waals surface area contributed by atoms with Gasteiger partial charge >= 0.3 is 0 Å². The van der Waals surface area contributed by atoms with Crippen LogP contribution in [0.1, 0.15) is 74.8 Å². The number of halogens is 1. The van der Waals surface area contributed by atoms with Crippen molar-refractivity contribution >= 4 is 11.0 Å². The zero-order valence-corrected chi connectivity index (χ0v) is 24.0. The molecule has 7 heteroatoms. The fraction of sp³-hybridized carbons (Fsp3) is 0.545. The summed E-state index contributed by atoms with van der Waals surface area (Å²) in [5.41, 5.74) is 2.19. The molecule has 1 aliphatic carbocycles. The second kappa shape index (κ2) is 12.5. The Morgan fingerprint density at radius 3 is 2.30 bits per heavy atom. The maximum atomic E-state index is 13.6. The van der Waals surface area contributed by atoms with Crippen molar-refractivity contribution in [3.05, 3.63) is 53.5 Å². The van der Waals surface area contributed by atoms with Gasteiger partial charge in [-0.3, -0.25) is 0 Å². The zero-order valence-electron chi connectivity index (χ0n) is 24.0. The van der Waals surface area contributed by atoms with Gasteiger partial charge in [0.05, 0.1) is 39.1 Å². The van der Waals surface area contributed by atoms with Gasteiger partial charge in [0.2, 0.25) is 5.75 Å². The van der Waals surface area contributed by atoms with E-state index in [0.717, 1.165) is 69.1 Å². The molecule has 6 nitrogen and oxygen atoms in total. The Bertz CT molecular complexity index is 1310. The van der Waals surface area contributed by atoms with E-state index in [9.17, 15) is 9.65 Å². The minimum atomic E-state index is -0.601. The van der Waals surface area contributed by atoms with Gasteiger partial charge in [-0.15, -0.1) is 0 Å². The van der Waals surface area contributed by atoms with E-state index in [1.807, 2.05) is 24.5 Å². The van der Waals surface area contributed by atoms with Crippen molar-refractivity contribution in [1.82, 2.24) is 4.90 Å². The molecule has 3 aromatic rings. The van der Waals surface area contributed by atoms with E-state index in [-0.39, 0.29) is 5.82 Å². The molecule has 5 rings (SSSR count). The van der Waals surface area contributed by atoms with Crippen LogP contribution in [0, 0.1) is 23.1 Å². The molecule has 0 amide bonds. The third-order valence-corrected chi connectivity index (χ3v) is 9.32. The molecular formula is C33H41FN2O4. The molecule has 1 saturated carbocycles. The molecule has 0 radical (unpaired) electrons. The topological polar surface area (TPSA) is 67.9 Å². The zero-order chi connectivity index (χ0) is 28.1. The fourth-order valence-corrected chi connectivity index (χ4v) is 7.12. The number of hydrogen-bond acceptors (Lipinski definition) is 6. The van der Waals surface area contributed by atoms with Crippen molar-refractivity contribution in [3.63, 3.8) is 0 Å². The first-order valence-corrected chi connectivity index (χ1v) is 14.6. The lowest BCUT2D eigenvalue weighted by Gasteiger charge is -2.39. The predicted octanol–water partition coefficient (Wildman–Crippen LogP) is 7.60. The number of methoxy groups -OCH3 is 3. The number of benzene rings is 2. The number of rotatable bonds is 10. The highest BCUT2D eigenvalue weighted by Gasteiger charge is 2.42. The molecule has 2 fully saturated rings. The molecule has 2 aliphatic rings. The van der Waals surface area contributed by atoms with E-state index in [0.29, 0.717) is 34.7 Å². The number of hydrogen-bond donors (Lipinski definition) is 0. The number of furan rings is 1. The molecule has 2 heterocycles. The van der Waals surface area contributed by atoms with E-state index in [4.69, 9.17) is 18.6 Å². The molecule has 40 heavy (non-hydrogen) atoms. The van der Waals surface area contributed by atoms with Crippen molar-refractivity contribution in [2.75, 3.05) is 41.0 Å². The number of nitrogens with zero attached hydrogens (tertiary/aromatic N) is 2. The first-order chi connectivity index (χ1) is 19.5. The highest BCUT2D eigenvalue weighted by atomic mass is 19.1. The highest BCUT2D eigenvalue weighted by Crippen LogP contribution is 2.49. The Morgan fingerprint density at radius 2 is 1.68 bits per heavy atom. The normalized spacial score (nSPS) is 18.8. The van der Waals surface area contributed by atoms with Crippen LogP contribution in [-0.2, 0) is 5.41 Å². The summed E-state index contributed by atoms with van der Waals surface area (Å²) in [5.74, 6) is 2.22. The molecule has 1 aromatic heterocycles. The van der Waals surface area contributed by atoms with E-state index in [2.05, 4.69) is 11.0 Å². The van der Waals surface area contributed by atoms with Crippen LogP contribution in [0.5, 0.6) is 17.2 Å². The van der Waals surface area contributed by atoms with Crippen LogP contribution in [-0.4, -0.2) is 45.9 Å². The summed E-state index contributed by atoms with van der Waals surface area (Å²) in [6.45, 7) is 2.97. The van der Waals surface area contributed by atoms with Crippen LogP contribution in [0.25, 0.3) is 11.0 Å². The van der Waals surface area contributed by atoms with Crippen LogP contribution in [0.2, 0.25) is 0 Å². The maximum absolute atomic E-state index is 13.6. The summed E-state index contributed by atoms with van der Waals surface area (Å²) in [4.78, 5) is 2.52. The molecule has 0 spiro atoms. The Kier molecular flexibility index (Phi) is 8.85. The standard InChI is InChI=1S/C33H41FN2O4/c1-37-30-18-25(19-31(38-2)32(30)39-3)33(22-35,24-8-5-4-6-9-24)14-7-15-36-16-12-23(13-17-36)28-21-40-29-20-26(34)10-11-27(28)29/h10-11,18-21,23-24H,4-9,12-17H2,1-3H3. The van der Waals surface area contributed by atoms with Crippen molar-refractivity contribution in [3.8, 4) is 23.3 Å². The Balaban J connectivity index is 1.29. The van der Waals surface area contributed by atoms with E-state index < -0.39 is 5.41 Å². The maximum Gasteiger partial charge on any atom is 0.203 e. The number of piperidine rings is 1. The van der Waals surface area contributed by atoms with Gasteiger partial charge in [-0.05, 0) is 99.8 Å². The number of likely N-dealkylation sites (tertiary alicyclic amines) is 1. The second-order valence-corrected chi connectivity index (χ2v) is 11.4. The van der Waals surface area contributed by atoms with Gasteiger partial charge in [0, 0.05) is 17.0 Å². The van der Waals surface area contributed by atoms with Gasteiger partial charge in [-0.25, -0.2) is 4.39 Å². The Hall–Kier alpha value is -3.24. The molecule has 1 saturated heterocycles. The van der Waals surface area contributed by atoms with Crippen LogP contribution >= 0.6 is 0 Å². The summed E-state index contributed by atoms with van der Waals surface area (Å²) < 4.78 is 36.2. The monoisotopic (exact) mass is 548 g/mol. The molecule has 1 aliphatic heterocycles. The van der Waals surface area contributed by atoms with Crippen LogP contribution < -0.4 is 14.2 Å². The largest absolute Gasteiger partial charge is 0.493 e. The summed E-state index contributed by atoms with van der Waals surface area (Å²) in [5, 5.41) is 11.8. The lowest BCUT2D eigenvalue weighted by atomic mass is 9.63. The van der Waals surface area contributed by atoms with Crippen molar-refractivity contribution in [2.45, 2.75) is 69.1 Å². The molecule has 0 N–H and O–H groups in total. The first kappa shape index (κ1) is 28.3. The fourth-order valence-electron chi connectivity index (χ4n) is 7.12. The third-order valence-electron chi connectivity index (χ3n) is 9.32. The van der Waals surface area contributed by atoms with E-state index in [1.54, 1.807) is 21.3 Å². The van der Waals surface area contributed by atoms with Gasteiger partial charge in [-0.2, -0.15) is 5.26 Å². The summed E-state index contributed by atoms with van der Waals surface area (Å²) in [6, 6.07) is 11.6. The van der Waals surface area contributed by atoms with Gasteiger partial charge in [0.25, 0.3) is 0 Å².